The van der Waals surface area contributed by atoms with Crippen LogP contribution in [-0.2, 0) is 19.1 Å². The predicted molar refractivity (Wildman–Crippen MR) is 177 cm³/mol. The second kappa shape index (κ2) is 20.6. The quantitative estimate of drug-likeness (QED) is 0.124. The Kier molecular flexibility index (Phi) is 17.7. The van der Waals surface area contributed by atoms with Crippen molar-refractivity contribution >= 4 is 17.8 Å². The zero-order valence-electron chi connectivity index (χ0n) is 28.5. The van der Waals surface area contributed by atoms with Crippen molar-refractivity contribution in [3.63, 3.8) is 0 Å². The number of rotatable bonds is 19. The number of nitrogens with one attached hydrogen (secondary N) is 2. The molecule has 2 aliphatic heterocycles. The minimum absolute atomic E-state index is 0.0892. The fourth-order valence-electron chi connectivity index (χ4n) is 5.44. The molecule has 2 N–H and O–H groups in total. The van der Waals surface area contributed by atoms with E-state index in [-0.39, 0.29) is 30.8 Å². The Balaban J connectivity index is 1.51. The summed E-state index contributed by atoms with van der Waals surface area (Å²) < 4.78 is 11.6. The Hall–Kier alpha value is -2.39. The molecule has 2 rings (SSSR count). The molecule has 1 saturated heterocycles. The van der Waals surface area contributed by atoms with Crippen LogP contribution >= 0.6 is 0 Å². The highest BCUT2D eigenvalue weighted by Crippen LogP contribution is 2.34. The van der Waals surface area contributed by atoms with Gasteiger partial charge in [-0.15, -0.1) is 0 Å². The average molecular weight is 619 g/mol. The van der Waals surface area contributed by atoms with E-state index in [9.17, 15) is 14.4 Å². The molecule has 252 valence electrons. The zero-order chi connectivity index (χ0) is 32.3. The molecule has 0 radical (unpaired) electrons. The monoisotopic (exact) mass is 618 g/mol. The normalized spacial score (nSPS) is 19.6. The van der Waals surface area contributed by atoms with Crippen LogP contribution in [0.5, 0.6) is 0 Å². The molecule has 1 unspecified atom stereocenters. The van der Waals surface area contributed by atoms with Gasteiger partial charge in [0, 0.05) is 50.8 Å². The number of hydrogen-bond donors (Lipinski definition) is 2. The van der Waals surface area contributed by atoms with Crippen molar-refractivity contribution in [1.29, 1.82) is 0 Å². The minimum atomic E-state index is -0.827. The van der Waals surface area contributed by atoms with E-state index in [1.54, 1.807) is 29.8 Å². The molecule has 0 bridgehead atoms. The molecule has 0 aromatic carbocycles. The second-order valence-corrected chi connectivity index (χ2v) is 13.5. The van der Waals surface area contributed by atoms with E-state index < -0.39 is 17.3 Å². The van der Waals surface area contributed by atoms with Crippen LogP contribution in [-0.4, -0.2) is 78.9 Å². The van der Waals surface area contributed by atoms with Crippen molar-refractivity contribution in [2.45, 2.75) is 136 Å². The number of urea groups is 1. The summed E-state index contributed by atoms with van der Waals surface area (Å²) in [5.74, 6) is -1.16. The first-order valence-electron chi connectivity index (χ1n) is 17.3. The number of unbranched alkanes of at least 4 members (excludes halogenated alkanes) is 11. The number of allylic oxidation sites excluding steroid dienone is 2. The molecule has 0 spiro atoms. The molecule has 0 saturated carbocycles. The summed E-state index contributed by atoms with van der Waals surface area (Å²) in [6.45, 7) is 12.4. The van der Waals surface area contributed by atoms with Gasteiger partial charge in [-0.1, -0.05) is 84.3 Å². The van der Waals surface area contributed by atoms with Crippen LogP contribution in [0.15, 0.2) is 24.4 Å². The molecule has 2 heterocycles. The molecule has 1 fully saturated rings. The molecule has 44 heavy (non-hydrogen) atoms. The van der Waals surface area contributed by atoms with Crippen LogP contribution in [0.1, 0.15) is 125 Å². The average Bonchev–Trinajstić information content (AvgIpc) is 3.25. The van der Waals surface area contributed by atoms with Gasteiger partial charge < -0.3 is 29.9 Å². The third-order valence-electron chi connectivity index (χ3n) is 8.32. The molecule has 0 aromatic rings. The first-order chi connectivity index (χ1) is 21.1. The van der Waals surface area contributed by atoms with E-state index in [0.717, 1.165) is 12.8 Å². The molecule has 0 aliphatic carbocycles. The van der Waals surface area contributed by atoms with E-state index >= 15 is 0 Å². The Bertz CT molecular complexity index is 917. The van der Waals surface area contributed by atoms with Crippen LogP contribution in [0.4, 0.5) is 4.79 Å². The summed E-state index contributed by atoms with van der Waals surface area (Å²) in [6.07, 6.45) is 24.1. The summed E-state index contributed by atoms with van der Waals surface area (Å²) in [4.78, 5) is 41.6. The van der Waals surface area contributed by atoms with Gasteiger partial charge in [-0.2, -0.15) is 0 Å². The Morgan fingerprint density at radius 1 is 0.841 bits per heavy atom. The molecular weight excluding hydrogens is 556 g/mol. The topological polar surface area (TPSA) is 100 Å². The number of carbonyl (C=O) groups is 3. The van der Waals surface area contributed by atoms with Gasteiger partial charge in [-0.25, -0.2) is 4.79 Å². The maximum absolute atomic E-state index is 12.8. The summed E-state index contributed by atoms with van der Waals surface area (Å²) in [5.41, 5.74) is -0.467. The fourth-order valence-corrected chi connectivity index (χ4v) is 5.44. The summed E-state index contributed by atoms with van der Waals surface area (Å²) >= 11 is 0. The van der Waals surface area contributed by atoms with E-state index in [1.165, 1.54) is 70.6 Å². The van der Waals surface area contributed by atoms with Crippen molar-refractivity contribution < 1.29 is 23.9 Å². The molecule has 9 nitrogen and oxygen atoms in total. The van der Waals surface area contributed by atoms with Gasteiger partial charge >= 0.3 is 6.03 Å². The predicted octanol–water partition coefficient (Wildman–Crippen LogP) is 6.69. The highest BCUT2D eigenvalue weighted by atomic mass is 16.7. The SMILES string of the molecule is CCCCCCCCC=CCCCCCCCNC(=O)N1CC=CN(C(=O)CCNC(=O)C2OC(C)(C)OCC2(C)C)CC1. The maximum atomic E-state index is 12.8. The summed E-state index contributed by atoms with van der Waals surface area (Å²) in [6, 6.07) is -0.0892. The van der Waals surface area contributed by atoms with Crippen LogP contribution in [0, 0.1) is 5.41 Å². The third-order valence-corrected chi connectivity index (χ3v) is 8.32. The van der Waals surface area contributed by atoms with Crippen LogP contribution < -0.4 is 10.6 Å². The van der Waals surface area contributed by atoms with Crippen molar-refractivity contribution in [2.75, 3.05) is 39.3 Å². The first-order valence-corrected chi connectivity index (χ1v) is 17.3. The number of ether oxygens (including phenoxy) is 2. The number of amides is 4. The van der Waals surface area contributed by atoms with Gasteiger partial charge in [0.2, 0.25) is 11.8 Å². The largest absolute Gasteiger partial charge is 0.353 e. The van der Waals surface area contributed by atoms with Crippen molar-refractivity contribution in [3.8, 4) is 0 Å². The molecule has 2 aliphatic rings. The van der Waals surface area contributed by atoms with E-state index in [2.05, 4.69) is 29.7 Å². The number of carbonyl (C=O) groups excluding carboxylic acids is 3. The molecule has 4 amide bonds. The highest BCUT2D eigenvalue weighted by Gasteiger charge is 2.45. The van der Waals surface area contributed by atoms with Crippen molar-refractivity contribution in [2.24, 2.45) is 5.41 Å². The number of hydrogen-bond acceptors (Lipinski definition) is 5. The Morgan fingerprint density at radius 2 is 1.48 bits per heavy atom. The zero-order valence-corrected chi connectivity index (χ0v) is 28.5. The molecule has 0 aromatic heterocycles. The van der Waals surface area contributed by atoms with Crippen molar-refractivity contribution in [1.82, 2.24) is 20.4 Å². The van der Waals surface area contributed by atoms with Gasteiger partial charge in [0.1, 0.15) is 6.10 Å². The van der Waals surface area contributed by atoms with Gasteiger partial charge in [0.15, 0.2) is 5.79 Å². The minimum Gasteiger partial charge on any atom is -0.353 e. The van der Waals surface area contributed by atoms with Gasteiger partial charge in [0.25, 0.3) is 0 Å². The van der Waals surface area contributed by atoms with E-state index in [4.69, 9.17) is 9.47 Å². The second-order valence-electron chi connectivity index (χ2n) is 13.5. The summed E-state index contributed by atoms with van der Waals surface area (Å²) in [5, 5.41) is 5.88. The van der Waals surface area contributed by atoms with E-state index in [0.29, 0.717) is 32.8 Å². The molecule has 9 heteroatoms. The fraction of sp³-hybridized carbons (Fsp3) is 0.800. The highest BCUT2D eigenvalue weighted by molar-refractivity contribution is 5.83. The van der Waals surface area contributed by atoms with Crippen LogP contribution in [0.2, 0.25) is 0 Å². The Labute approximate surface area is 267 Å². The lowest BCUT2D eigenvalue weighted by molar-refractivity contribution is -0.304. The lowest BCUT2D eigenvalue weighted by atomic mass is 9.85. The van der Waals surface area contributed by atoms with Crippen LogP contribution in [0.25, 0.3) is 0 Å². The van der Waals surface area contributed by atoms with E-state index in [1.807, 2.05) is 19.9 Å². The third kappa shape index (κ3) is 15.1. The summed E-state index contributed by atoms with van der Waals surface area (Å²) in [7, 11) is 0. The Morgan fingerprint density at radius 3 is 2.16 bits per heavy atom. The van der Waals surface area contributed by atoms with Gasteiger partial charge in [-0.3, -0.25) is 9.59 Å². The van der Waals surface area contributed by atoms with Crippen LogP contribution in [0.3, 0.4) is 0 Å². The lowest BCUT2D eigenvalue weighted by Gasteiger charge is -2.44. The first kappa shape index (κ1) is 37.8. The standard InChI is InChI=1S/C35H62N4O5/c1-6-7-8-9-10-11-12-13-14-15-16-17-18-19-20-23-37-33(42)39-26-21-25-38(27-28-39)30(40)22-24-36-32(41)31-34(2,3)29-43-35(4,5)44-31/h13-14,21,25,31H,6-12,15-20,22-24,26-29H2,1-5H3,(H,36,41)(H,37,42). The smallest absolute Gasteiger partial charge is 0.317 e. The van der Waals surface area contributed by atoms with Gasteiger partial charge in [0.05, 0.1) is 6.61 Å². The molecular formula is C35H62N4O5. The molecule has 1 atom stereocenters. The maximum Gasteiger partial charge on any atom is 0.317 e. The lowest BCUT2D eigenvalue weighted by Crippen LogP contribution is -2.56. The van der Waals surface area contributed by atoms with Crippen molar-refractivity contribution in [3.05, 3.63) is 24.4 Å². The van der Waals surface area contributed by atoms with Gasteiger partial charge in [-0.05, 0) is 52.0 Å². The number of nitrogens with zero attached hydrogens (tertiary/aromatic N) is 2.